The van der Waals surface area contributed by atoms with Crippen molar-refractivity contribution in [2.24, 2.45) is 0 Å². The average molecular weight is 484 g/mol. The molecule has 2 aliphatic rings. The Bertz CT molecular complexity index is 1360. The molecule has 2 atom stereocenters. The smallest absolute Gasteiger partial charge is 0.255 e. The molecule has 5 rings (SSSR count). The summed E-state index contributed by atoms with van der Waals surface area (Å²) in [7, 11) is 0. The zero-order valence-corrected chi connectivity index (χ0v) is 20.7. The van der Waals surface area contributed by atoms with Gasteiger partial charge in [-0.1, -0.05) is 6.07 Å². The number of rotatable bonds is 4. The number of hydrogen-bond acceptors (Lipinski definition) is 7. The summed E-state index contributed by atoms with van der Waals surface area (Å²) in [6.45, 7) is 7.58. The number of morpholine rings is 1. The van der Waals surface area contributed by atoms with Crippen molar-refractivity contribution in [1.29, 1.82) is 5.26 Å². The molecule has 1 fully saturated rings. The van der Waals surface area contributed by atoms with Crippen LogP contribution in [-0.4, -0.2) is 46.8 Å². The van der Waals surface area contributed by atoms with Crippen LogP contribution in [-0.2, 0) is 10.2 Å². The van der Waals surface area contributed by atoms with Gasteiger partial charge in [0.05, 0.1) is 47.8 Å². The van der Waals surface area contributed by atoms with E-state index in [1.54, 1.807) is 38.4 Å². The van der Waals surface area contributed by atoms with Crippen LogP contribution in [0.2, 0.25) is 0 Å². The number of nitrogens with zero attached hydrogens (tertiary/aromatic N) is 4. The average Bonchev–Trinajstić information content (AvgIpc) is 2.89. The molecule has 2 aliphatic heterocycles. The summed E-state index contributed by atoms with van der Waals surface area (Å²) in [4.78, 5) is 24.2. The molecule has 184 valence electrons. The Balaban J connectivity index is 1.44. The molecule has 0 unspecified atom stereocenters. The highest BCUT2D eigenvalue weighted by molar-refractivity contribution is 6.04. The van der Waals surface area contributed by atoms with E-state index in [-0.39, 0.29) is 11.9 Å². The second kappa shape index (κ2) is 9.34. The summed E-state index contributed by atoms with van der Waals surface area (Å²) in [6.07, 6.45) is 3.34. The van der Waals surface area contributed by atoms with Crippen molar-refractivity contribution < 1.29 is 14.6 Å². The third kappa shape index (κ3) is 4.43. The van der Waals surface area contributed by atoms with E-state index in [1.165, 1.54) is 0 Å². The van der Waals surface area contributed by atoms with Crippen LogP contribution in [0.25, 0.3) is 11.1 Å². The lowest BCUT2D eigenvalue weighted by atomic mass is 9.90. The lowest BCUT2D eigenvalue weighted by Crippen LogP contribution is -2.49. The summed E-state index contributed by atoms with van der Waals surface area (Å²) >= 11 is 0. The fourth-order valence-electron chi connectivity index (χ4n) is 4.82. The molecule has 1 amide bonds. The van der Waals surface area contributed by atoms with Crippen LogP contribution in [0.4, 0.5) is 11.4 Å². The second-order valence-corrected chi connectivity index (χ2v) is 9.95. The lowest BCUT2D eigenvalue weighted by Gasteiger charge is -2.43. The van der Waals surface area contributed by atoms with E-state index < -0.39 is 11.5 Å². The van der Waals surface area contributed by atoms with Gasteiger partial charge in [0.2, 0.25) is 0 Å². The number of carbonyl (C=O) groups excluding carboxylic acids is 1. The van der Waals surface area contributed by atoms with Crippen LogP contribution < -0.4 is 10.2 Å². The van der Waals surface area contributed by atoms with Crippen molar-refractivity contribution in [1.82, 2.24) is 9.97 Å². The fourth-order valence-corrected chi connectivity index (χ4v) is 4.82. The van der Waals surface area contributed by atoms with Gasteiger partial charge in [0.1, 0.15) is 6.10 Å². The Labute approximate surface area is 210 Å². The van der Waals surface area contributed by atoms with Crippen LogP contribution in [0.15, 0.2) is 48.8 Å². The number of carbonyl (C=O) groups is 1. The van der Waals surface area contributed by atoms with Gasteiger partial charge in [-0.25, -0.2) is 0 Å². The maximum absolute atomic E-state index is 13.0. The summed E-state index contributed by atoms with van der Waals surface area (Å²) in [5.41, 5.74) is 5.41. The normalized spacial score (nSPS) is 19.1. The molecule has 2 N–H and O–H groups in total. The third-order valence-electron chi connectivity index (χ3n) is 6.99. The second-order valence-electron chi connectivity index (χ2n) is 9.95. The molecule has 8 nitrogen and oxygen atoms in total. The van der Waals surface area contributed by atoms with Gasteiger partial charge in [0.25, 0.3) is 5.91 Å². The number of amides is 1. The Morgan fingerprint density at radius 3 is 2.89 bits per heavy atom. The number of anilines is 2. The van der Waals surface area contributed by atoms with E-state index in [9.17, 15) is 15.2 Å². The van der Waals surface area contributed by atoms with Crippen molar-refractivity contribution in [2.75, 3.05) is 30.0 Å². The lowest BCUT2D eigenvalue weighted by molar-refractivity contribution is 0.0597. The van der Waals surface area contributed by atoms with Crippen molar-refractivity contribution in [3.05, 3.63) is 71.3 Å². The Kier molecular flexibility index (Phi) is 6.20. The predicted molar refractivity (Wildman–Crippen MR) is 137 cm³/mol. The first-order valence-electron chi connectivity index (χ1n) is 12.1. The number of nitriles is 1. The molecule has 0 radical (unpaired) electrons. The number of aryl methyl sites for hydroxylation is 1. The fraction of sp³-hybridized carbons (Fsp3) is 0.357. The number of aromatic nitrogens is 2. The van der Waals surface area contributed by atoms with Gasteiger partial charge >= 0.3 is 0 Å². The van der Waals surface area contributed by atoms with Gasteiger partial charge in [-0.3, -0.25) is 14.8 Å². The molecule has 0 bridgehead atoms. The molecule has 4 heterocycles. The van der Waals surface area contributed by atoms with Crippen LogP contribution in [0, 0.1) is 18.3 Å². The minimum Gasteiger partial charge on any atom is -0.387 e. The van der Waals surface area contributed by atoms with Gasteiger partial charge in [-0.2, -0.15) is 5.26 Å². The van der Waals surface area contributed by atoms with Crippen molar-refractivity contribution >= 4 is 17.3 Å². The highest BCUT2D eigenvalue weighted by Gasteiger charge is 2.35. The van der Waals surface area contributed by atoms with E-state index >= 15 is 0 Å². The largest absolute Gasteiger partial charge is 0.387 e. The zero-order chi connectivity index (χ0) is 25.4. The number of aliphatic hydroxyl groups excluding tert-OH is 1. The standard InChI is InChI=1S/C28H29N5O3/c1-17-4-5-20(32-27(35)18-6-7-30-25(11-18)28(2,3)16-29)12-22(17)19-10-23-26(31-14-19)24(34)13-21-15-36-9-8-33(21)23/h4-7,10-12,14,21,24,34H,8-9,13,15H2,1-3H3,(H,32,35)/t21-,24+/m1/s1. The molecule has 0 saturated carbocycles. The maximum atomic E-state index is 13.0. The first-order chi connectivity index (χ1) is 17.3. The minimum atomic E-state index is -0.792. The molecular formula is C28H29N5O3. The molecule has 36 heavy (non-hydrogen) atoms. The maximum Gasteiger partial charge on any atom is 0.255 e. The van der Waals surface area contributed by atoms with Crippen LogP contribution in [0.3, 0.4) is 0 Å². The van der Waals surface area contributed by atoms with Gasteiger partial charge in [0, 0.05) is 42.2 Å². The monoisotopic (exact) mass is 483 g/mol. The topological polar surface area (TPSA) is 111 Å². The first-order valence-corrected chi connectivity index (χ1v) is 12.1. The van der Waals surface area contributed by atoms with Crippen molar-refractivity contribution in [3.63, 3.8) is 0 Å². The number of benzene rings is 1. The van der Waals surface area contributed by atoms with Gasteiger partial charge in [0.15, 0.2) is 0 Å². The number of fused-ring (bicyclic) bond motifs is 3. The highest BCUT2D eigenvalue weighted by atomic mass is 16.5. The molecule has 8 heteroatoms. The van der Waals surface area contributed by atoms with Gasteiger partial charge in [-0.05, 0) is 62.2 Å². The highest BCUT2D eigenvalue weighted by Crippen LogP contribution is 2.39. The molecule has 0 aliphatic carbocycles. The quantitative estimate of drug-likeness (QED) is 0.573. The Morgan fingerprint density at radius 1 is 1.25 bits per heavy atom. The molecular weight excluding hydrogens is 454 g/mol. The van der Waals surface area contributed by atoms with Crippen molar-refractivity contribution in [3.8, 4) is 17.2 Å². The SMILES string of the molecule is Cc1ccc(NC(=O)c2ccnc(C(C)(C)C#N)c2)cc1-c1cnc2c(c1)N1CCOC[C@H]1C[C@@H]2O. The minimum absolute atomic E-state index is 0.140. The third-order valence-corrected chi connectivity index (χ3v) is 6.99. The molecule has 1 aromatic carbocycles. The van der Waals surface area contributed by atoms with Crippen molar-refractivity contribution in [2.45, 2.75) is 44.8 Å². The van der Waals surface area contributed by atoms with E-state index in [4.69, 9.17) is 4.74 Å². The van der Waals surface area contributed by atoms with Crippen LogP contribution in [0.5, 0.6) is 0 Å². The number of pyridine rings is 2. The van der Waals surface area contributed by atoms with E-state index in [1.807, 2.05) is 25.1 Å². The van der Waals surface area contributed by atoms with E-state index in [2.05, 4.69) is 32.3 Å². The molecule has 2 aromatic heterocycles. The van der Waals surface area contributed by atoms with E-state index in [0.717, 1.165) is 28.9 Å². The number of nitrogens with one attached hydrogen (secondary N) is 1. The Hall–Kier alpha value is -3.80. The summed E-state index contributed by atoms with van der Waals surface area (Å²) in [5.74, 6) is -0.273. The summed E-state index contributed by atoms with van der Waals surface area (Å²) < 4.78 is 5.62. The zero-order valence-electron chi connectivity index (χ0n) is 20.7. The predicted octanol–water partition coefficient (Wildman–Crippen LogP) is 4.15. The van der Waals surface area contributed by atoms with Crippen LogP contribution in [0.1, 0.15) is 53.7 Å². The molecule has 1 saturated heterocycles. The molecule has 0 spiro atoms. The van der Waals surface area contributed by atoms with Gasteiger partial charge in [-0.15, -0.1) is 0 Å². The summed E-state index contributed by atoms with van der Waals surface area (Å²) in [6, 6.07) is 13.5. The van der Waals surface area contributed by atoms with Crippen LogP contribution >= 0.6 is 0 Å². The van der Waals surface area contributed by atoms with E-state index in [0.29, 0.717) is 42.3 Å². The number of hydrogen-bond donors (Lipinski definition) is 2. The number of aliphatic hydroxyl groups is 1. The summed E-state index contributed by atoms with van der Waals surface area (Å²) in [5, 5.41) is 23.0. The molecule has 3 aromatic rings. The first kappa shape index (κ1) is 23.9. The van der Waals surface area contributed by atoms with Gasteiger partial charge < -0.3 is 20.1 Å². The Morgan fingerprint density at radius 2 is 2.08 bits per heavy atom. The number of ether oxygens (including phenoxy) is 1.